The zero-order valence-electron chi connectivity index (χ0n) is 12.6. The van der Waals surface area contributed by atoms with Crippen molar-refractivity contribution >= 4 is 11.8 Å². The van der Waals surface area contributed by atoms with Gasteiger partial charge in [0.25, 0.3) is 0 Å². The predicted molar refractivity (Wildman–Crippen MR) is 73.6 cm³/mol. The first-order valence-corrected chi connectivity index (χ1v) is 7.14. The van der Waals surface area contributed by atoms with Crippen LogP contribution in [0.1, 0.15) is 41.0 Å². The summed E-state index contributed by atoms with van der Waals surface area (Å²) in [5, 5.41) is 2.74. The Labute approximate surface area is 115 Å². The highest BCUT2D eigenvalue weighted by Gasteiger charge is 2.42. The third-order valence-electron chi connectivity index (χ3n) is 3.63. The number of carbonyl (C=O) groups is 2. The molecule has 1 fully saturated rings. The lowest BCUT2D eigenvalue weighted by Gasteiger charge is -2.43. The Balaban J connectivity index is 2.99. The molecular formula is C14H26N2O3. The van der Waals surface area contributed by atoms with Crippen molar-refractivity contribution in [1.82, 2.24) is 10.2 Å². The molecule has 5 nitrogen and oxygen atoms in total. The number of nitrogens with zero attached hydrogens (tertiary/aromatic N) is 1. The maximum atomic E-state index is 12.4. The second-order valence-electron chi connectivity index (χ2n) is 5.37. The van der Waals surface area contributed by atoms with Crippen LogP contribution in [0.4, 0.5) is 0 Å². The van der Waals surface area contributed by atoms with Gasteiger partial charge < -0.3 is 15.0 Å². The van der Waals surface area contributed by atoms with Crippen LogP contribution < -0.4 is 5.32 Å². The number of nitrogens with one attached hydrogen (secondary N) is 1. The van der Waals surface area contributed by atoms with Gasteiger partial charge in [0.2, 0.25) is 11.8 Å². The average Bonchev–Trinajstić information content (AvgIpc) is 2.35. The molecule has 2 amide bonds. The summed E-state index contributed by atoms with van der Waals surface area (Å²) >= 11 is 0. The quantitative estimate of drug-likeness (QED) is 0.788. The minimum Gasteiger partial charge on any atom is -0.380 e. The van der Waals surface area contributed by atoms with Gasteiger partial charge in [0.15, 0.2) is 0 Å². The molecular weight excluding hydrogens is 244 g/mol. The molecule has 5 heteroatoms. The topological polar surface area (TPSA) is 58.6 Å². The van der Waals surface area contributed by atoms with Gasteiger partial charge in [0, 0.05) is 6.61 Å². The Bertz CT molecular complexity index is 331. The second-order valence-corrected chi connectivity index (χ2v) is 5.37. The van der Waals surface area contributed by atoms with Crippen molar-refractivity contribution in [2.75, 3.05) is 13.2 Å². The van der Waals surface area contributed by atoms with E-state index in [0.29, 0.717) is 19.6 Å². The Morgan fingerprint density at radius 3 is 2.42 bits per heavy atom. The molecule has 0 spiro atoms. The van der Waals surface area contributed by atoms with Crippen LogP contribution in [0.3, 0.4) is 0 Å². The summed E-state index contributed by atoms with van der Waals surface area (Å²) in [5.41, 5.74) is 0. The molecule has 3 atom stereocenters. The summed E-state index contributed by atoms with van der Waals surface area (Å²) in [4.78, 5) is 26.2. The van der Waals surface area contributed by atoms with Crippen LogP contribution in [0, 0.1) is 5.92 Å². The van der Waals surface area contributed by atoms with Gasteiger partial charge in [0.1, 0.15) is 12.1 Å². The summed E-state index contributed by atoms with van der Waals surface area (Å²) < 4.78 is 5.50. The highest BCUT2D eigenvalue weighted by molar-refractivity contribution is 5.96. The van der Waals surface area contributed by atoms with Gasteiger partial charge in [-0.3, -0.25) is 9.59 Å². The van der Waals surface area contributed by atoms with E-state index >= 15 is 0 Å². The molecule has 1 saturated heterocycles. The summed E-state index contributed by atoms with van der Waals surface area (Å²) in [7, 11) is 0. The normalized spacial score (nSPS) is 25.7. The average molecular weight is 270 g/mol. The molecule has 3 unspecified atom stereocenters. The van der Waals surface area contributed by atoms with Crippen LogP contribution in [0.2, 0.25) is 0 Å². The number of hydrogen-bond donors (Lipinski definition) is 1. The molecule has 1 aliphatic rings. The molecule has 0 aromatic heterocycles. The van der Waals surface area contributed by atoms with E-state index in [1.54, 1.807) is 11.8 Å². The van der Waals surface area contributed by atoms with Crippen molar-refractivity contribution in [3.8, 4) is 0 Å². The van der Waals surface area contributed by atoms with Gasteiger partial charge in [-0.25, -0.2) is 0 Å². The monoisotopic (exact) mass is 270 g/mol. The van der Waals surface area contributed by atoms with E-state index in [-0.39, 0.29) is 29.8 Å². The van der Waals surface area contributed by atoms with Crippen LogP contribution in [0.15, 0.2) is 0 Å². The van der Waals surface area contributed by atoms with Gasteiger partial charge in [0.05, 0.1) is 12.6 Å². The van der Waals surface area contributed by atoms with E-state index in [1.165, 1.54) is 0 Å². The zero-order valence-corrected chi connectivity index (χ0v) is 12.6. The number of carbonyl (C=O) groups excluding carboxylic acids is 2. The maximum Gasteiger partial charge on any atom is 0.245 e. The number of piperazine rings is 1. The molecule has 1 N–H and O–H groups in total. The fourth-order valence-corrected chi connectivity index (χ4v) is 2.48. The molecule has 0 saturated carbocycles. The van der Waals surface area contributed by atoms with Gasteiger partial charge in [-0.15, -0.1) is 0 Å². The molecule has 0 bridgehead atoms. The predicted octanol–water partition coefficient (Wildman–Crippen LogP) is 1.17. The highest BCUT2D eigenvalue weighted by atomic mass is 16.5. The van der Waals surface area contributed by atoms with Crippen molar-refractivity contribution in [2.24, 2.45) is 5.92 Å². The molecule has 19 heavy (non-hydrogen) atoms. The molecule has 1 rings (SSSR count). The zero-order chi connectivity index (χ0) is 14.6. The van der Waals surface area contributed by atoms with Crippen molar-refractivity contribution < 1.29 is 14.3 Å². The number of rotatable bonds is 6. The van der Waals surface area contributed by atoms with Gasteiger partial charge in [-0.05, 0) is 26.2 Å². The fourth-order valence-electron chi connectivity index (χ4n) is 2.48. The molecule has 0 radical (unpaired) electrons. The molecule has 0 aliphatic carbocycles. The molecule has 0 aromatic rings. The van der Waals surface area contributed by atoms with Gasteiger partial charge in [-0.2, -0.15) is 0 Å². The van der Waals surface area contributed by atoms with Crippen LogP contribution in [-0.4, -0.2) is 48.1 Å². The van der Waals surface area contributed by atoms with E-state index in [4.69, 9.17) is 4.74 Å². The van der Waals surface area contributed by atoms with E-state index in [0.717, 1.165) is 0 Å². The Morgan fingerprint density at radius 2 is 1.95 bits per heavy atom. The summed E-state index contributed by atoms with van der Waals surface area (Å²) in [6, 6.07) is -0.874. The molecule has 110 valence electrons. The van der Waals surface area contributed by atoms with Crippen molar-refractivity contribution in [1.29, 1.82) is 0 Å². The van der Waals surface area contributed by atoms with Crippen molar-refractivity contribution in [3.05, 3.63) is 0 Å². The largest absolute Gasteiger partial charge is 0.380 e. The minimum absolute atomic E-state index is 0.00940. The third-order valence-corrected chi connectivity index (χ3v) is 3.63. The number of ether oxygens (including phenoxy) is 1. The lowest BCUT2D eigenvalue weighted by Crippen LogP contribution is -2.66. The Morgan fingerprint density at radius 1 is 1.32 bits per heavy atom. The third kappa shape index (κ3) is 3.47. The van der Waals surface area contributed by atoms with E-state index in [9.17, 15) is 9.59 Å². The lowest BCUT2D eigenvalue weighted by molar-refractivity contribution is -0.154. The molecule has 1 aliphatic heterocycles. The first kappa shape index (κ1) is 16.0. The maximum absolute atomic E-state index is 12.4. The minimum atomic E-state index is -0.446. The summed E-state index contributed by atoms with van der Waals surface area (Å²) in [6.45, 7) is 10.8. The standard InChI is InChI=1S/C14H26N2O3/c1-6-11-13(17)15-10(5)14(18)16(11)12(9(3)4)8-19-7-2/h9-12H,6-8H2,1-5H3,(H,15,17). The molecule has 1 heterocycles. The summed E-state index contributed by atoms with van der Waals surface area (Å²) in [6.07, 6.45) is 0.625. The van der Waals surface area contributed by atoms with Crippen LogP contribution >= 0.6 is 0 Å². The molecule has 0 aromatic carbocycles. The van der Waals surface area contributed by atoms with Crippen LogP contribution in [0.5, 0.6) is 0 Å². The fraction of sp³-hybridized carbons (Fsp3) is 0.857. The van der Waals surface area contributed by atoms with E-state index in [2.05, 4.69) is 19.2 Å². The van der Waals surface area contributed by atoms with Crippen LogP contribution in [-0.2, 0) is 14.3 Å². The Kier molecular flexibility index (Phi) is 5.79. The second kappa shape index (κ2) is 6.89. The summed E-state index contributed by atoms with van der Waals surface area (Å²) in [5.74, 6) is 0.184. The Hall–Kier alpha value is -1.10. The van der Waals surface area contributed by atoms with E-state index < -0.39 is 6.04 Å². The van der Waals surface area contributed by atoms with Gasteiger partial charge >= 0.3 is 0 Å². The lowest BCUT2D eigenvalue weighted by atomic mass is 9.96. The van der Waals surface area contributed by atoms with Crippen molar-refractivity contribution in [2.45, 2.75) is 59.2 Å². The number of hydrogen-bond acceptors (Lipinski definition) is 3. The SMILES string of the molecule is CCOCC(C(C)C)N1C(=O)C(C)NC(=O)C1CC. The van der Waals surface area contributed by atoms with E-state index in [1.807, 2.05) is 13.8 Å². The smallest absolute Gasteiger partial charge is 0.245 e. The number of amides is 2. The van der Waals surface area contributed by atoms with Crippen molar-refractivity contribution in [3.63, 3.8) is 0 Å². The first-order chi connectivity index (χ1) is 8.93. The van der Waals surface area contributed by atoms with Gasteiger partial charge in [-0.1, -0.05) is 20.8 Å². The highest BCUT2D eigenvalue weighted by Crippen LogP contribution is 2.21. The van der Waals surface area contributed by atoms with Crippen LogP contribution in [0.25, 0.3) is 0 Å². The first-order valence-electron chi connectivity index (χ1n) is 7.14.